The predicted octanol–water partition coefficient (Wildman–Crippen LogP) is 4.35. The molecule has 2 aliphatic rings. The molecule has 4 amide bonds. The third-order valence-corrected chi connectivity index (χ3v) is 7.32. The number of hydrogen-bond donors (Lipinski definition) is 2. The summed E-state index contributed by atoms with van der Waals surface area (Å²) in [5, 5.41) is 5.48. The van der Waals surface area contributed by atoms with E-state index in [0.29, 0.717) is 45.3 Å². The van der Waals surface area contributed by atoms with Gasteiger partial charge in [0.05, 0.1) is 19.3 Å². The highest BCUT2D eigenvalue weighted by molar-refractivity contribution is 7.99. The number of thioether (sulfide) groups is 1. The number of fused-ring (bicyclic) bond motifs is 1. The second kappa shape index (κ2) is 10.8. The van der Waals surface area contributed by atoms with Crippen LogP contribution in [0.2, 0.25) is 0 Å². The summed E-state index contributed by atoms with van der Waals surface area (Å²) >= 11 is 1.44. The average molecular weight is 517 g/mol. The first-order valence-electron chi connectivity index (χ1n) is 11.5. The highest BCUT2D eigenvalue weighted by atomic mass is 32.2. The number of benzene rings is 2. The lowest BCUT2D eigenvalue weighted by Crippen LogP contribution is -2.53. The minimum atomic E-state index is -0.870. The number of allylic oxidation sites excluding steroid dienone is 1. The molecule has 0 aliphatic carbocycles. The zero-order valence-corrected chi connectivity index (χ0v) is 21.4. The highest BCUT2D eigenvalue weighted by Gasteiger charge is 2.35. The lowest BCUT2D eigenvalue weighted by atomic mass is 9.94. The number of rotatable bonds is 5. The summed E-state index contributed by atoms with van der Waals surface area (Å²) in [7, 11) is 1.54. The molecule has 190 valence electrons. The zero-order valence-electron chi connectivity index (χ0n) is 20.6. The summed E-state index contributed by atoms with van der Waals surface area (Å²) in [6.07, 6.45) is 0. The molecule has 1 atom stereocenters. The molecule has 2 aliphatic heterocycles. The van der Waals surface area contributed by atoms with E-state index < -0.39 is 18.0 Å². The number of para-hydroxylation sites is 1. The number of likely N-dealkylation sites (tertiary alicyclic amines) is 1. The Balaban J connectivity index is 1.54. The van der Waals surface area contributed by atoms with Crippen molar-refractivity contribution in [3.8, 4) is 5.75 Å². The van der Waals surface area contributed by atoms with Crippen molar-refractivity contribution in [2.75, 3.05) is 36.2 Å². The van der Waals surface area contributed by atoms with E-state index in [1.165, 1.54) is 28.7 Å². The summed E-state index contributed by atoms with van der Waals surface area (Å²) in [5.41, 5.74) is 3.42. The van der Waals surface area contributed by atoms with Gasteiger partial charge in [-0.15, -0.1) is 11.8 Å². The van der Waals surface area contributed by atoms with E-state index in [4.69, 9.17) is 4.74 Å². The monoisotopic (exact) mass is 516 g/mol. The molecule has 0 bridgehead atoms. The summed E-state index contributed by atoms with van der Waals surface area (Å²) < 4.78 is 5.19. The van der Waals surface area contributed by atoms with Crippen LogP contribution in [0.15, 0.2) is 102 Å². The van der Waals surface area contributed by atoms with Crippen LogP contribution in [0.4, 0.5) is 16.2 Å². The zero-order chi connectivity index (χ0) is 26.7. The summed E-state index contributed by atoms with van der Waals surface area (Å²) in [6.45, 7) is 15.9. The fourth-order valence-electron chi connectivity index (χ4n) is 4.04. The molecule has 0 aromatic heterocycles. The van der Waals surface area contributed by atoms with E-state index in [-0.39, 0.29) is 19.0 Å². The van der Waals surface area contributed by atoms with Crippen molar-refractivity contribution in [3.63, 3.8) is 0 Å². The maximum Gasteiger partial charge on any atom is 0.319 e. The molecule has 1 saturated heterocycles. The van der Waals surface area contributed by atoms with Crippen LogP contribution in [0.1, 0.15) is 0 Å². The van der Waals surface area contributed by atoms with Crippen LogP contribution in [0.5, 0.6) is 5.75 Å². The number of carbonyl (C=O) groups is 3. The van der Waals surface area contributed by atoms with E-state index in [0.717, 1.165) is 4.90 Å². The minimum absolute atomic E-state index is 0.221. The smallest absolute Gasteiger partial charge is 0.319 e. The fourth-order valence-corrected chi connectivity index (χ4v) is 5.11. The van der Waals surface area contributed by atoms with Gasteiger partial charge in [0.25, 0.3) is 5.91 Å². The van der Waals surface area contributed by atoms with Crippen molar-refractivity contribution in [2.24, 2.45) is 0 Å². The molecular weight excluding hydrogens is 488 g/mol. The normalized spacial score (nSPS) is 17.8. The van der Waals surface area contributed by atoms with Gasteiger partial charge >= 0.3 is 6.03 Å². The Labute approximate surface area is 220 Å². The summed E-state index contributed by atoms with van der Waals surface area (Å²) in [4.78, 5) is 43.6. The number of amides is 4. The Morgan fingerprint density at radius 2 is 1.84 bits per heavy atom. The highest BCUT2D eigenvalue weighted by Crippen LogP contribution is 2.35. The van der Waals surface area contributed by atoms with Crippen LogP contribution in [0.25, 0.3) is 0 Å². The maximum absolute atomic E-state index is 13.7. The van der Waals surface area contributed by atoms with E-state index in [9.17, 15) is 14.4 Å². The van der Waals surface area contributed by atoms with Crippen molar-refractivity contribution in [1.29, 1.82) is 0 Å². The molecule has 0 saturated carbocycles. The molecule has 1 fully saturated rings. The topological polar surface area (TPSA) is 91.0 Å². The molecule has 0 radical (unpaired) electrons. The van der Waals surface area contributed by atoms with E-state index in [1.807, 2.05) is 12.1 Å². The Bertz CT molecular complexity index is 1330. The number of carbonyl (C=O) groups excluding carboxylic acids is 3. The minimum Gasteiger partial charge on any atom is -0.497 e. The van der Waals surface area contributed by atoms with Gasteiger partial charge in [0.2, 0.25) is 5.91 Å². The van der Waals surface area contributed by atoms with Gasteiger partial charge in [-0.25, -0.2) is 4.79 Å². The third-order valence-electron chi connectivity index (χ3n) is 6.17. The van der Waals surface area contributed by atoms with E-state index >= 15 is 0 Å². The summed E-state index contributed by atoms with van der Waals surface area (Å²) in [6, 6.07) is 12.8. The number of hydrogen-bond acceptors (Lipinski definition) is 5. The van der Waals surface area contributed by atoms with Crippen molar-refractivity contribution in [2.45, 2.75) is 10.9 Å². The van der Waals surface area contributed by atoms with Crippen LogP contribution in [0.3, 0.4) is 0 Å². The molecule has 37 heavy (non-hydrogen) atoms. The van der Waals surface area contributed by atoms with Crippen molar-refractivity contribution >= 4 is 41.0 Å². The molecule has 1 unspecified atom stereocenters. The first-order valence-corrected chi connectivity index (χ1v) is 12.5. The quantitative estimate of drug-likeness (QED) is 0.617. The molecule has 2 aromatic rings. The first-order chi connectivity index (χ1) is 17.7. The molecule has 2 heterocycles. The van der Waals surface area contributed by atoms with Gasteiger partial charge in [0, 0.05) is 28.1 Å². The van der Waals surface area contributed by atoms with Gasteiger partial charge in [-0.1, -0.05) is 44.5 Å². The number of ether oxygens (including phenoxy) is 1. The van der Waals surface area contributed by atoms with Crippen molar-refractivity contribution in [1.82, 2.24) is 10.2 Å². The second-order valence-electron chi connectivity index (χ2n) is 8.57. The Kier molecular flexibility index (Phi) is 7.54. The van der Waals surface area contributed by atoms with Gasteiger partial charge in [-0.05, 0) is 41.0 Å². The Morgan fingerprint density at radius 3 is 2.59 bits per heavy atom. The fraction of sp³-hybridized carbons (Fsp3) is 0.179. The molecule has 2 aromatic carbocycles. The van der Waals surface area contributed by atoms with Crippen molar-refractivity contribution < 1.29 is 19.1 Å². The molecule has 4 rings (SSSR count). The SMILES string of the molecule is C=C1CN(C(=O)CN2C(=O)C(NC(=O)Nc3cccc(OC)c3)CSc3ccccc32)C(=C)C(=C)C1=C. The molecule has 0 spiro atoms. The molecule has 8 nitrogen and oxygen atoms in total. The average Bonchev–Trinajstić information content (AvgIpc) is 3.02. The third kappa shape index (κ3) is 5.46. The standard InChI is InChI=1S/C28H28N4O4S/c1-17-14-31(20(4)19(3)18(17)2)26(33)15-32-24-11-6-7-12-25(24)37-16-23(27(32)34)30-28(35)29-21-9-8-10-22(13-21)36-5/h6-13,23H,1-4,14-16H2,5H3,(H2,29,30,35). The van der Waals surface area contributed by atoms with Crippen LogP contribution in [-0.2, 0) is 9.59 Å². The number of nitrogens with zero attached hydrogens (tertiary/aromatic N) is 2. The molecular formula is C28H28N4O4S. The molecule has 2 N–H and O–H groups in total. The number of nitrogens with one attached hydrogen (secondary N) is 2. The van der Waals surface area contributed by atoms with Gasteiger partial charge in [-0.2, -0.15) is 0 Å². The molecule has 9 heteroatoms. The Morgan fingerprint density at radius 1 is 1.08 bits per heavy atom. The van der Waals surface area contributed by atoms with Gasteiger partial charge in [0.1, 0.15) is 18.3 Å². The first kappa shape index (κ1) is 25.8. The number of urea groups is 1. The maximum atomic E-state index is 13.7. The Hall–Kier alpha value is -4.24. The van der Waals surface area contributed by atoms with Crippen LogP contribution >= 0.6 is 11.8 Å². The van der Waals surface area contributed by atoms with Gasteiger partial charge in [0.15, 0.2) is 0 Å². The number of piperidine rings is 1. The van der Waals surface area contributed by atoms with Crippen LogP contribution in [0, 0.1) is 0 Å². The number of anilines is 2. The van der Waals surface area contributed by atoms with Crippen LogP contribution < -0.4 is 20.3 Å². The van der Waals surface area contributed by atoms with Gasteiger partial charge < -0.3 is 25.2 Å². The lowest BCUT2D eigenvalue weighted by molar-refractivity contribution is -0.129. The second-order valence-corrected chi connectivity index (χ2v) is 9.64. The van der Waals surface area contributed by atoms with Crippen molar-refractivity contribution in [3.05, 3.63) is 97.3 Å². The van der Waals surface area contributed by atoms with Crippen LogP contribution in [-0.4, -0.2) is 54.7 Å². The van der Waals surface area contributed by atoms with Gasteiger partial charge in [-0.3, -0.25) is 9.59 Å². The number of methoxy groups -OCH3 is 1. The predicted molar refractivity (Wildman–Crippen MR) is 147 cm³/mol. The van der Waals surface area contributed by atoms with E-state index in [1.54, 1.807) is 36.4 Å². The summed E-state index contributed by atoms with van der Waals surface area (Å²) in [5.74, 6) is 0.161. The van der Waals surface area contributed by atoms with E-state index in [2.05, 4.69) is 36.9 Å². The largest absolute Gasteiger partial charge is 0.497 e. The lowest BCUT2D eigenvalue weighted by Gasteiger charge is -2.35.